The molecule has 24 heavy (non-hydrogen) atoms. The van der Waals surface area contributed by atoms with Crippen LogP contribution in [0.4, 0.5) is 0 Å². The molecule has 0 unspecified atom stereocenters. The number of hydrogen-bond donors (Lipinski definition) is 1. The number of carboxylic acids is 1. The van der Waals surface area contributed by atoms with Crippen molar-refractivity contribution in [2.75, 3.05) is 0 Å². The second-order valence-corrected chi connectivity index (χ2v) is 5.98. The summed E-state index contributed by atoms with van der Waals surface area (Å²) in [7, 11) is 2.04. The molecule has 0 aliphatic rings. The van der Waals surface area contributed by atoms with E-state index in [9.17, 15) is 4.79 Å². The third-order valence-electron chi connectivity index (χ3n) is 4.49. The van der Waals surface area contributed by atoms with Crippen molar-refractivity contribution < 1.29 is 9.90 Å². The smallest absolute Gasteiger partial charge is 0.303 e. The van der Waals surface area contributed by atoms with E-state index in [1.54, 1.807) is 12.5 Å². The molecule has 5 heteroatoms. The molecular formula is C19H17N3O2. The molecule has 5 nitrogen and oxygen atoms in total. The van der Waals surface area contributed by atoms with Crippen LogP contribution in [-0.4, -0.2) is 25.2 Å². The summed E-state index contributed by atoms with van der Waals surface area (Å²) in [6.07, 6.45) is 6.18. The molecule has 2 aromatic heterocycles. The Bertz CT molecular complexity index is 1050. The van der Waals surface area contributed by atoms with Crippen LogP contribution in [0.15, 0.2) is 55.1 Å². The number of carboxylic acid groups (broad SMARTS) is 1. The van der Waals surface area contributed by atoms with Crippen molar-refractivity contribution in [1.82, 2.24) is 14.1 Å². The molecule has 1 N–H and O–H groups in total. The van der Waals surface area contributed by atoms with E-state index >= 15 is 0 Å². The largest absolute Gasteiger partial charge is 0.481 e. The van der Waals surface area contributed by atoms with Gasteiger partial charge in [0.05, 0.1) is 6.33 Å². The number of benzene rings is 2. The molecule has 0 atom stereocenters. The maximum atomic E-state index is 10.8. The van der Waals surface area contributed by atoms with Crippen molar-refractivity contribution in [2.45, 2.75) is 12.8 Å². The standard InChI is InChI=1S/C19H17N3O2/c1-21-17-6-4-14(22-9-8-20-12-22)11-16(17)15-5-2-13(10-18(15)21)3-7-19(23)24/h2,4-6,8-12H,3,7H2,1H3,(H,23,24). The number of rotatable bonds is 4. The van der Waals surface area contributed by atoms with Crippen LogP contribution in [0.25, 0.3) is 27.5 Å². The maximum Gasteiger partial charge on any atom is 0.303 e. The number of aromatic nitrogens is 3. The third-order valence-corrected chi connectivity index (χ3v) is 4.49. The monoisotopic (exact) mass is 319 g/mol. The van der Waals surface area contributed by atoms with Crippen molar-refractivity contribution in [3.8, 4) is 5.69 Å². The normalized spacial score (nSPS) is 11.4. The number of hydrogen-bond acceptors (Lipinski definition) is 2. The molecule has 2 aromatic carbocycles. The quantitative estimate of drug-likeness (QED) is 0.626. The first-order chi connectivity index (χ1) is 11.6. The van der Waals surface area contributed by atoms with Crippen LogP contribution < -0.4 is 0 Å². The van der Waals surface area contributed by atoms with Crippen LogP contribution in [0.2, 0.25) is 0 Å². The molecule has 0 radical (unpaired) electrons. The molecule has 0 bridgehead atoms. The van der Waals surface area contributed by atoms with Crippen LogP contribution >= 0.6 is 0 Å². The first-order valence-corrected chi connectivity index (χ1v) is 7.85. The van der Waals surface area contributed by atoms with Crippen LogP contribution in [0.3, 0.4) is 0 Å². The van der Waals surface area contributed by atoms with Crippen LogP contribution in [0, 0.1) is 0 Å². The van der Waals surface area contributed by atoms with Crippen molar-refractivity contribution in [2.24, 2.45) is 7.05 Å². The predicted octanol–water partition coefficient (Wildman–Crippen LogP) is 3.53. The molecular weight excluding hydrogens is 302 g/mol. The molecule has 0 aliphatic heterocycles. The van der Waals surface area contributed by atoms with E-state index in [4.69, 9.17) is 5.11 Å². The third kappa shape index (κ3) is 2.34. The van der Waals surface area contributed by atoms with Gasteiger partial charge in [0, 0.05) is 53.4 Å². The van der Waals surface area contributed by atoms with Crippen LogP contribution in [0.5, 0.6) is 0 Å². The van der Waals surface area contributed by atoms with Crippen LogP contribution in [-0.2, 0) is 18.3 Å². The second kappa shape index (κ2) is 5.53. The number of carbonyl (C=O) groups is 1. The summed E-state index contributed by atoms with van der Waals surface area (Å²) < 4.78 is 4.14. The SMILES string of the molecule is Cn1c2ccc(-n3ccnc3)cc2c2ccc(CCC(=O)O)cc21. The molecule has 4 aromatic rings. The van der Waals surface area contributed by atoms with E-state index in [0.29, 0.717) is 6.42 Å². The second-order valence-electron chi connectivity index (χ2n) is 5.98. The Morgan fingerprint density at radius 2 is 2.00 bits per heavy atom. The van der Waals surface area contributed by atoms with E-state index < -0.39 is 5.97 Å². The van der Waals surface area contributed by atoms with Gasteiger partial charge in [0.15, 0.2) is 0 Å². The number of aliphatic carboxylic acids is 1. The summed E-state index contributed by atoms with van der Waals surface area (Å²) >= 11 is 0. The average Bonchev–Trinajstić information content (AvgIpc) is 3.21. The van der Waals surface area contributed by atoms with Gasteiger partial charge in [0.1, 0.15) is 0 Å². The first kappa shape index (κ1) is 14.5. The molecule has 4 rings (SSSR count). The molecule has 0 aliphatic carbocycles. The van der Waals surface area contributed by atoms with Gasteiger partial charge in [-0.05, 0) is 36.2 Å². The van der Waals surface area contributed by atoms with Crippen molar-refractivity contribution >= 4 is 27.8 Å². The summed E-state index contributed by atoms with van der Waals surface area (Å²) in [5.74, 6) is -0.767. The Morgan fingerprint density at radius 3 is 2.75 bits per heavy atom. The lowest BCUT2D eigenvalue weighted by Crippen LogP contribution is -1.97. The van der Waals surface area contributed by atoms with Gasteiger partial charge in [0.25, 0.3) is 0 Å². The van der Waals surface area contributed by atoms with E-state index in [1.807, 2.05) is 23.9 Å². The minimum Gasteiger partial charge on any atom is -0.481 e. The van der Waals surface area contributed by atoms with E-state index in [-0.39, 0.29) is 6.42 Å². The molecule has 120 valence electrons. The van der Waals surface area contributed by atoms with Crippen LogP contribution in [0.1, 0.15) is 12.0 Å². The Morgan fingerprint density at radius 1 is 1.12 bits per heavy atom. The Labute approximate surface area is 138 Å². The fourth-order valence-electron chi connectivity index (χ4n) is 3.22. The average molecular weight is 319 g/mol. The maximum absolute atomic E-state index is 10.8. The van der Waals surface area contributed by atoms with Gasteiger partial charge in [-0.1, -0.05) is 12.1 Å². The fraction of sp³-hybridized carbons (Fsp3) is 0.158. The minimum absolute atomic E-state index is 0.153. The highest BCUT2D eigenvalue weighted by Gasteiger charge is 2.10. The Kier molecular flexibility index (Phi) is 3.34. The highest BCUT2D eigenvalue weighted by atomic mass is 16.4. The van der Waals surface area contributed by atoms with Gasteiger partial charge in [-0.2, -0.15) is 0 Å². The number of fused-ring (bicyclic) bond motifs is 3. The zero-order valence-electron chi connectivity index (χ0n) is 13.3. The molecule has 2 heterocycles. The van der Waals surface area contributed by atoms with E-state index in [1.165, 1.54) is 10.8 Å². The van der Waals surface area contributed by atoms with Gasteiger partial charge in [-0.3, -0.25) is 4.79 Å². The van der Waals surface area contributed by atoms with E-state index in [0.717, 1.165) is 22.3 Å². The summed E-state index contributed by atoms with van der Waals surface area (Å²) in [5, 5.41) is 11.2. The summed E-state index contributed by atoms with van der Waals surface area (Å²) in [6, 6.07) is 12.6. The van der Waals surface area contributed by atoms with Gasteiger partial charge in [-0.25, -0.2) is 4.98 Å². The Hall–Kier alpha value is -3.08. The molecule has 0 spiro atoms. The zero-order valence-corrected chi connectivity index (χ0v) is 13.3. The van der Waals surface area contributed by atoms with Gasteiger partial charge in [0.2, 0.25) is 0 Å². The number of imidazole rings is 1. The van der Waals surface area contributed by atoms with Crippen molar-refractivity contribution in [1.29, 1.82) is 0 Å². The summed E-state index contributed by atoms with van der Waals surface area (Å²) in [5.41, 5.74) is 4.40. The number of aryl methyl sites for hydroxylation is 2. The highest BCUT2D eigenvalue weighted by Crippen LogP contribution is 2.30. The lowest BCUT2D eigenvalue weighted by Gasteiger charge is -2.03. The van der Waals surface area contributed by atoms with Crippen molar-refractivity contribution in [3.63, 3.8) is 0 Å². The minimum atomic E-state index is -0.767. The highest BCUT2D eigenvalue weighted by molar-refractivity contribution is 6.08. The van der Waals surface area contributed by atoms with E-state index in [2.05, 4.69) is 39.9 Å². The molecule has 0 amide bonds. The first-order valence-electron chi connectivity index (χ1n) is 7.85. The Balaban J connectivity index is 1.86. The van der Waals surface area contributed by atoms with Gasteiger partial charge >= 0.3 is 5.97 Å². The molecule has 0 saturated heterocycles. The number of nitrogens with zero attached hydrogens (tertiary/aromatic N) is 3. The lowest BCUT2D eigenvalue weighted by molar-refractivity contribution is -0.136. The lowest BCUT2D eigenvalue weighted by atomic mass is 10.1. The van der Waals surface area contributed by atoms with Gasteiger partial charge in [-0.15, -0.1) is 0 Å². The summed E-state index contributed by atoms with van der Waals surface area (Å²) in [6.45, 7) is 0. The zero-order chi connectivity index (χ0) is 16.7. The molecule has 0 fully saturated rings. The fourth-order valence-corrected chi connectivity index (χ4v) is 3.22. The molecule has 0 saturated carbocycles. The van der Waals surface area contributed by atoms with Crippen molar-refractivity contribution in [3.05, 3.63) is 60.7 Å². The van der Waals surface area contributed by atoms with Gasteiger partial charge < -0.3 is 14.2 Å². The predicted molar refractivity (Wildman–Crippen MR) is 93.5 cm³/mol. The topological polar surface area (TPSA) is 60.0 Å². The summed E-state index contributed by atoms with van der Waals surface area (Å²) in [4.78, 5) is 14.9.